The zero-order chi connectivity index (χ0) is 19.8. The number of benzene rings is 1. The number of carbonyl (C=O) groups is 1. The van der Waals surface area contributed by atoms with Gasteiger partial charge in [0.25, 0.3) is 0 Å². The number of nitrogens with one attached hydrogen (secondary N) is 1. The molecule has 1 N–H and O–H groups in total. The van der Waals surface area contributed by atoms with Crippen LogP contribution in [0.25, 0.3) is 0 Å². The van der Waals surface area contributed by atoms with Gasteiger partial charge in [-0.1, -0.05) is 6.07 Å². The van der Waals surface area contributed by atoms with E-state index in [1.165, 1.54) is 12.1 Å². The van der Waals surface area contributed by atoms with E-state index in [0.29, 0.717) is 0 Å². The highest BCUT2D eigenvalue weighted by Crippen LogP contribution is 2.36. The SMILES string of the molecule is CC(C)(C)OC(=O)N[C@@H]1COc2cccc(OS(=O)(=O)C(F)(F)F)c2C1. The molecule has 1 aliphatic heterocycles. The molecular weight excluding hydrogens is 379 g/mol. The van der Waals surface area contributed by atoms with E-state index in [9.17, 15) is 26.4 Å². The van der Waals surface area contributed by atoms with Crippen LogP contribution in [0.1, 0.15) is 26.3 Å². The second kappa shape index (κ2) is 6.86. The van der Waals surface area contributed by atoms with Crippen molar-refractivity contribution in [3.05, 3.63) is 23.8 Å². The van der Waals surface area contributed by atoms with Crippen molar-refractivity contribution >= 4 is 16.2 Å². The Balaban J connectivity index is 2.18. The second-order valence-electron chi connectivity index (χ2n) is 6.57. The van der Waals surface area contributed by atoms with Crippen LogP contribution in [0.2, 0.25) is 0 Å². The maximum atomic E-state index is 12.5. The number of fused-ring (bicyclic) bond motifs is 1. The molecule has 0 saturated carbocycles. The first kappa shape index (κ1) is 20.1. The summed E-state index contributed by atoms with van der Waals surface area (Å²) in [5, 5.41) is 2.52. The summed E-state index contributed by atoms with van der Waals surface area (Å²) in [5.41, 5.74) is -6.18. The van der Waals surface area contributed by atoms with Crippen LogP contribution in [-0.2, 0) is 21.3 Å². The number of halogens is 3. The Morgan fingerprint density at radius 3 is 2.50 bits per heavy atom. The fourth-order valence-corrected chi connectivity index (χ4v) is 2.68. The number of hydrogen-bond acceptors (Lipinski definition) is 6. The van der Waals surface area contributed by atoms with Crippen molar-refractivity contribution in [3.8, 4) is 11.5 Å². The maximum absolute atomic E-state index is 12.5. The molecule has 1 aromatic carbocycles. The van der Waals surface area contributed by atoms with E-state index in [0.717, 1.165) is 6.07 Å². The van der Waals surface area contributed by atoms with Gasteiger partial charge in [0.15, 0.2) is 0 Å². The molecule has 1 atom stereocenters. The molecule has 11 heteroatoms. The third kappa shape index (κ3) is 4.93. The summed E-state index contributed by atoms with van der Waals surface area (Å²) in [7, 11) is -5.82. The van der Waals surface area contributed by atoms with Crippen molar-refractivity contribution in [3.63, 3.8) is 0 Å². The maximum Gasteiger partial charge on any atom is 0.534 e. The lowest BCUT2D eigenvalue weighted by atomic mass is 10.0. The van der Waals surface area contributed by atoms with E-state index in [1.807, 2.05) is 0 Å². The van der Waals surface area contributed by atoms with E-state index < -0.39 is 39.1 Å². The number of carbonyl (C=O) groups excluding carboxylic acids is 1. The Bertz CT molecular complexity index is 786. The number of ether oxygens (including phenoxy) is 2. The Labute approximate surface area is 148 Å². The molecular formula is C15H18F3NO6S. The number of rotatable bonds is 3. The van der Waals surface area contributed by atoms with Crippen LogP contribution < -0.4 is 14.2 Å². The molecule has 146 valence electrons. The minimum absolute atomic E-state index is 0.0120. The fourth-order valence-electron chi connectivity index (χ4n) is 2.19. The molecule has 0 spiro atoms. The smallest absolute Gasteiger partial charge is 0.491 e. The van der Waals surface area contributed by atoms with Gasteiger partial charge >= 0.3 is 21.7 Å². The van der Waals surface area contributed by atoms with Crippen molar-refractivity contribution < 1.29 is 40.0 Å². The minimum atomic E-state index is -5.82. The van der Waals surface area contributed by atoms with Crippen LogP contribution in [0.3, 0.4) is 0 Å². The first-order valence-corrected chi connectivity index (χ1v) is 8.94. The summed E-state index contributed by atoms with van der Waals surface area (Å²) in [6, 6.07) is 3.23. The van der Waals surface area contributed by atoms with Crippen molar-refractivity contribution in [1.82, 2.24) is 5.32 Å². The number of alkyl halides is 3. The first-order valence-electron chi connectivity index (χ1n) is 7.53. The number of hydrogen-bond donors (Lipinski definition) is 1. The van der Waals surface area contributed by atoms with Gasteiger partial charge in [0.05, 0.1) is 6.04 Å². The summed E-state index contributed by atoms with van der Waals surface area (Å²) < 4.78 is 74.8. The monoisotopic (exact) mass is 397 g/mol. The predicted molar refractivity (Wildman–Crippen MR) is 84.4 cm³/mol. The molecule has 7 nitrogen and oxygen atoms in total. The summed E-state index contributed by atoms with van der Waals surface area (Å²) in [4.78, 5) is 11.8. The molecule has 1 aromatic rings. The number of alkyl carbamates (subject to hydrolysis) is 1. The van der Waals surface area contributed by atoms with Gasteiger partial charge in [0.1, 0.15) is 23.7 Å². The van der Waals surface area contributed by atoms with Crippen molar-refractivity contribution in [2.24, 2.45) is 0 Å². The largest absolute Gasteiger partial charge is 0.534 e. The molecule has 1 amide bonds. The van der Waals surface area contributed by atoms with E-state index in [4.69, 9.17) is 9.47 Å². The van der Waals surface area contributed by atoms with Crippen LogP contribution in [-0.4, -0.2) is 38.3 Å². The van der Waals surface area contributed by atoms with Crippen LogP contribution in [0, 0.1) is 0 Å². The first-order chi connectivity index (χ1) is 11.8. The highest BCUT2D eigenvalue weighted by atomic mass is 32.2. The molecule has 0 fully saturated rings. The average Bonchev–Trinajstić information content (AvgIpc) is 2.44. The van der Waals surface area contributed by atoms with Gasteiger partial charge in [0, 0.05) is 12.0 Å². The summed E-state index contributed by atoms with van der Waals surface area (Å²) in [6.07, 6.45) is -0.714. The average molecular weight is 397 g/mol. The van der Waals surface area contributed by atoms with Gasteiger partial charge in [-0.15, -0.1) is 0 Å². The van der Waals surface area contributed by atoms with Crippen LogP contribution in [0.5, 0.6) is 11.5 Å². The zero-order valence-electron chi connectivity index (χ0n) is 14.2. The third-order valence-corrected chi connectivity index (χ3v) is 4.15. The Hall–Kier alpha value is -2.17. The highest BCUT2D eigenvalue weighted by Gasteiger charge is 2.49. The molecule has 0 aliphatic carbocycles. The molecule has 0 bridgehead atoms. The standard InChI is InChI=1S/C15H18F3NO6S/c1-14(2,3)24-13(20)19-9-7-10-11(23-8-9)5-4-6-12(10)25-26(21,22)15(16,17)18/h4-6,9H,7-8H2,1-3H3,(H,19,20)/t9-/m0/s1. The Morgan fingerprint density at radius 1 is 1.27 bits per heavy atom. The molecule has 0 unspecified atom stereocenters. The minimum Gasteiger partial charge on any atom is -0.491 e. The summed E-state index contributed by atoms with van der Waals surface area (Å²) >= 11 is 0. The topological polar surface area (TPSA) is 90.9 Å². The number of amides is 1. The van der Waals surface area contributed by atoms with Crippen molar-refractivity contribution in [2.75, 3.05) is 6.61 Å². The lowest BCUT2D eigenvalue weighted by Crippen LogP contribution is -2.45. The Morgan fingerprint density at radius 2 is 1.92 bits per heavy atom. The normalized spacial score (nSPS) is 17.7. The predicted octanol–water partition coefficient (Wildman–Crippen LogP) is 2.74. The quantitative estimate of drug-likeness (QED) is 0.623. The molecule has 1 heterocycles. The third-order valence-electron chi connectivity index (χ3n) is 3.18. The molecule has 0 saturated heterocycles. The van der Waals surface area contributed by atoms with E-state index >= 15 is 0 Å². The lowest BCUT2D eigenvalue weighted by molar-refractivity contribution is -0.0500. The van der Waals surface area contributed by atoms with Crippen LogP contribution >= 0.6 is 0 Å². The van der Waals surface area contributed by atoms with E-state index in [-0.39, 0.29) is 24.3 Å². The van der Waals surface area contributed by atoms with Gasteiger partial charge in [-0.25, -0.2) is 4.79 Å². The van der Waals surface area contributed by atoms with Crippen LogP contribution in [0.15, 0.2) is 18.2 Å². The van der Waals surface area contributed by atoms with Crippen LogP contribution in [0.4, 0.5) is 18.0 Å². The van der Waals surface area contributed by atoms with Gasteiger partial charge in [-0.3, -0.25) is 0 Å². The highest BCUT2D eigenvalue weighted by molar-refractivity contribution is 7.88. The lowest BCUT2D eigenvalue weighted by Gasteiger charge is -2.28. The van der Waals surface area contributed by atoms with Gasteiger partial charge in [-0.2, -0.15) is 21.6 Å². The van der Waals surface area contributed by atoms with Gasteiger partial charge in [0.2, 0.25) is 0 Å². The van der Waals surface area contributed by atoms with E-state index in [2.05, 4.69) is 9.50 Å². The second-order valence-corrected chi connectivity index (χ2v) is 8.11. The van der Waals surface area contributed by atoms with Crippen molar-refractivity contribution in [2.45, 2.75) is 44.3 Å². The zero-order valence-corrected chi connectivity index (χ0v) is 15.0. The summed E-state index contributed by atoms with van der Waals surface area (Å²) in [6.45, 7) is 5.06. The molecule has 0 radical (unpaired) electrons. The van der Waals surface area contributed by atoms with Gasteiger partial charge in [-0.05, 0) is 32.9 Å². The van der Waals surface area contributed by atoms with Crippen molar-refractivity contribution in [1.29, 1.82) is 0 Å². The van der Waals surface area contributed by atoms with Gasteiger partial charge < -0.3 is 19.0 Å². The molecule has 26 heavy (non-hydrogen) atoms. The fraction of sp³-hybridized carbons (Fsp3) is 0.533. The molecule has 1 aliphatic rings. The van der Waals surface area contributed by atoms with E-state index in [1.54, 1.807) is 20.8 Å². The molecule has 2 rings (SSSR count). The Kier molecular flexibility index (Phi) is 5.31. The summed E-state index contributed by atoms with van der Waals surface area (Å²) in [5.74, 6) is -0.322. The molecule has 0 aromatic heterocycles.